The lowest BCUT2D eigenvalue weighted by molar-refractivity contribution is 0.0953. The molecule has 0 atom stereocenters. The molecule has 0 saturated heterocycles. The topological polar surface area (TPSA) is 106 Å². The Bertz CT molecular complexity index is 1170. The lowest BCUT2D eigenvalue weighted by Gasteiger charge is -2.10. The van der Waals surface area contributed by atoms with E-state index in [1.807, 2.05) is 4.57 Å². The molecular weight excluding hydrogens is 426 g/mol. The molecule has 1 heterocycles. The Morgan fingerprint density at radius 1 is 1.17 bits per heavy atom. The summed E-state index contributed by atoms with van der Waals surface area (Å²) in [6, 6.07) is 12.8. The summed E-state index contributed by atoms with van der Waals surface area (Å²) in [7, 11) is -3.86. The van der Waals surface area contributed by atoms with Gasteiger partial charge in [0, 0.05) is 29.6 Å². The van der Waals surface area contributed by atoms with E-state index in [1.165, 1.54) is 24.3 Å². The van der Waals surface area contributed by atoms with Gasteiger partial charge in [0.1, 0.15) is 12.2 Å². The van der Waals surface area contributed by atoms with Gasteiger partial charge in [0.2, 0.25) is 0 Å². The minimum atomic E-state index is -3.86. The molecule has 156 valence electrons. The fraction of sp³-hybridized carbons (Fsp3) is 0.250. The number of anilines is 1. The maximum Gasteiger partial charge on any atom is 0.261 e. The van der Waals surface area contributed by atoms with E-state index in [0.29, 0.717) is 29.7 Å². The predicted octanol–water partition coefficient (Wildman–Crippen LogP) is 3.04. The second-order valence-electron chi connectivity index (χ2n) is 7.04. The molecule has 10 heteroatoms. The van der Waals surface area contributed by atoms with Crippen LogP contribution in [0.1, 0.15) is 35.1 Å². The minimum Gasteiger partial charge on any atom is -0.352 e. The fourth-order valence-electron chi connectivity index (χ4n) is 3.06. The molecule has 1 aliphatic rings. The summed E-state index contributed by atoms with van der Waals surface area (Å²) in [5.74, 6) is 0.479. The lowest BCUT2D eigenvalue weighted by Crippen LogP contribution is -2.26. The third kappa shape index (κ3) is 4.80. The standard InChI is InChI=1S/C20H20ClN5O3S/c21-15-4-2-5-16(12-15)25-30(28,29)18-6-1-3-14(11-18)20(27)22-10-9-19-24-23-13-26(19)17-7-8-17/h1-6,11-13,17,25H,7-10H2,(H,22,27). The van der Waals surface area contributed by atoms with Crippen LogP contribution in [0.15, 0.2) is 59.8 Å². The second kappa shape index (κ2) is 8.45. The van der Waals surface area contributed by atoms with Gasteiger partial charge in [-0.05, 0) is 49.2 Å². The molecule has 30 heavy (non-hydrogen) atoms. The van der Waals surface area contributed by atoms with E-state index in [9.17, 15) is 13.2 Å². The zero-order valence-electron chi connectivity index (χ0n) is 16.0. The first-order valence-electron chi connectivity index (χ1n) is 9.47. The SMILES string of the molecule is O=C(NCCc1nncn1C1CC1)c1cccc(S(=O)(=O)Nc2cccc(Cl)c2)c1. The van der Waals surface area contributed by atoms with Crippen LogP contribution in [-0.2, 0) is 16.4 Å². The molecule has 1 aliphatic carbocycles. The highest BCUT2D eigenvalue weighted by Gasteiger charge is 2.25. The molecule has 0 aliphatic heterocycles. The average molecular weight is 446 g/mol. The van der Waals surface area contributed by atoms with Crippen LogP contribution in [0, 0.1) is 0 Å². The first-order valence-corrected chi connectivity index (χ1v) is 11.3. The number of aromatic nitrogens is 3. The number of hydrogen-bond acceptors (Lipinski definition) is 5. The summed E-state index contributed by atoms with van der Waals surface area (Å²) in [5, 5.41) is 11.3. The Labute approximate surface area is 179 Å². The largest absolute Gasteiger partial charge is 0.352 e. The van der Waals surface area contributed by atoms with Crippen LogP contribution in [0.4, 0.5) is 5.69 Å². The zero-order chi connectivity index (χ0) is 21.1. The molecule has 1 saturated carbocycles. The van der Waals surface area contributed by atoms with Crippen LogP contribution < -0.4 is 10.0 Å². The highest BCUT2D eigenvalue weighted by molar-refractivity contribution is 7.92. The number of benzene rings is 2. The predicted molar refractivity (Wildman–Crippen MR) is 113 cm³/mol. The zero-order valence-corrected chi connectivity index (χ0v) is 17.5. The van der Waals surface area contributed by atoms with Crippen LogP contribution in [-0.4, -0.2) is 35.6 Å². The molecule has 0 unspecified atom stereocenters. The summed E-state index contributed by atoms with van der Waals surface area (Å²) in [6.45, 7) is 0.377. The van der Waals surface area contributed by atoms with E-state index in [0.717, 1.165) is 18.7 Å². The molecule has 1 amide bonds. The number of carbonyl (C=O) groups excluding carboxylic acids is 1. The lowest BCUT2D eigenvalue weighted by atomic mass is 10.2. The molecular formula is C20H20ClN5O3S. The smallest absolute Gasteiger partial charge is 0.261 e. The van der Waals surface area contributed by atoms with Crippen LogP contribution in [0.25, 0.3) is 0 Å². The minimum absolute atomic E-state index is 0.0106. The number of amides is 1. The number of nitrogens with zero attached hydrogens (tertiary/aromatic N) is 3. The molecule has 0 radical (unpaired) electrons. The van der Waals surface area contributed by atoms with Crippen molar-refractivity contribution in [1.82, 2.24) is 20.1 Å². The van der Waals surface area contributed by atoms with Gasteiger partial charge in [0.15, 0.2) is 0 Å². The van der Waals surface area contributed by atoms with Gasteiger partial charge >= 0.3 is 0 Å². The maximum absolute atomic E-state index is 12.7. The van der Waals surface area contributed by atoms with Crippen molar-refractivity contribution in [3.8, 4) is 0 Å². The van der Waals surface area contributed by atoms with Crippen molar-refractivity contribution in [1.29, 1.82) is 0 Å². The van der Waals surface area contributed by atoms with E-state index in [2.05, 4.69) is 20.2 Å². The molecule has 0 bridgehead atoms. The maximum atomic E-state index is 12.7. The number of carbonyl (C=O) groups is 1. The molecule has 1 aromatic heterocycles. The van der Waals surface area contributed by atoms with Gasteiger partial charge < -0.3 is 9.88 Å². The first kappa shape index (κ1) is 20.4. The van der Waals surface area contributed by atoms with Gasteiger partial charge in [-0.3, -0.25) is 9.52 Å². The Balaban J connectivity index is 1.40. The van der Waals surface area contributed by atoms with Crippen molar-refractivity contribution in [3.05, 3.63) is 71.3 Å². The van der Waals surface area contributed by atoms with Gasteiger partial charge in [0.05, 0.1) is 10.6 Å². The molecule has 0 spiro atoms. The van der Waals surface area contributed by atoms with Gasteiger partial charge in [-0.15, -0.1) is 10.2 Å². The molecule has 4 rings (SSSR count). The summed E-state index contributed by atoms with van der Waals surface area (Å²) >= 11 is 5.90. The van der Waals surface area contributed by atoms with Crippen LogP contribution in [0.2, 0.25) is 5.02 Å². The Hall–Kier alpha value is -2.91. The van der Waals surface area contributed by atoms with E-state index in [4.69, 9.17) is 11.6 Å². The van der Waals surface area contributed by atoms with E-state index in [1.54, 1.807) is 30.6 Å². The van der Waals surface area contributed by atoms with Gasteiger partial charge in [0.25, 0.3) is 15.9 Å². The normalized spacial score (nSPS) is 13.8. The van der Waals surface area contributed by atoms with Gasteiger partial charge in [-0.2, -0.15) is 0 Å². The molecule has 2 N–H and O–H groups in total. The Kier molecular flexibility index (Phi) is 5.74. The van der Waals surface area contributed by atoms with Crippen molar-refractivity contribution < 1.29 is 13.2 Å². The third-order valence-electron chi connectivity index (χ3n) is 4.71. The van der Waals surface area contributed by atoms with Crippen molar-refractivity contribution in [2.75, 3.05) is 11.3 Å². The number of halogens is 1. The van der Waals surface area contributed by atoms with Crippen LogP contribution in [0.3, 0.4) is 0 Å². The summed E-state index contributed by atoms with van der Waals surface area (Å²) in [5.41, 5.74) is 0.602. The summed E-state index contributed by atoms with van der Waals surface area (Å²) < 4.78 is 29.8. The molecule has 8 nitrogen and oxygen atoms in total. The van der Waals surface area contributed by atoms with Crippen LogP contribution in [0.5, 0.6) is 0 Å². The van der Waals surface area contributed by atoms with E-state index < -0.39 is 10.0 Å². The average Bonchev–Trinajstić information content (AvgIpc) is 3.46. The van der Waals surface area contributed by atoms with E-state index in [-0.39, 0.29) is 16.4 Å². The van der Waals surface area contributed by atoms with Crippen molar-refractivity contribution in [2.24, 2.45) is 0 Å². The molecule has 1 fully saturated rings. The highest BCUT2D eigenvalue weighted by atomic mass is 35.5. The quantitative estimate of drug-likeness (QED) is 0.554. The Morgan fingerprint density at radius 2 is 1.97 bits per heavy atom. The van der Waals surface area contributed by atoms with E-state index >= 15 is 0 Å². The van der Waals surface area contributed by atoms with Gasteiger partial charge in [-0.25, -0.2) is 8.42 Å². The fourth-order valence-corrected chi connectivity index (χ4v) is 4.35. The second-order valence-corrected chi connectivity index (χ2v) is 9.15. The molecule has 3 aromatic rings. The third-order valence-corrected chi connectivity index (χ3v) is 6.32. The first-order chi connectivity index (χ1) is 14.4. The number of nitrogens with one attached hydrogen (secondary N) is 2. The summed E-state index contributed by atoms with van der Waals surface area (Å²) in [4.78, 5) is 12.5. The van der Waals surface area contributed by atoms with Crippen LogP contribution >= 0.6 is 11.6 Å². The molecule has 2 aromatic carbocycles. The Morgan fingerprint density at radius 3 is 2.73 bits per heavy atom. The highest BCUT2D eigenvalue weighted by Crippen LogP contribution is 2.35. The monoisotopic (exact) mass is 445 g/mol. The number of rotatable bonds is 8. The number of sulfonamides is 1. The van der Waals surface area contributed by atoms with Crippen molar-refractivity contribution in [3.63, 3.8) is 0 Å². The van der Waals surface area contributed by atoms with Gasteiger partial charge in [-0.1, -0.05) is 23.7 Å². The van der Waals surface area contributed by atoms with Crippen molar-refractivity contribution >= 4 is 33.2 Å². The van der Waals surface area contributed by atoms with Crippen molar-refractivity contribution in [2.45, 2.75) is 30.2 Å². The number of hydrogen-bond donors (Lipinski definition) is 2. The summed E-state index contributed by atoms with van der Waals surface area (Å²) in [6.07, 6.45) is 4.52.